The predicted molar refractivity (Wildman–Crippen MR) is 93.4 cm³/mol. The predicted octanol–water partition coefficient (Wildman–Crippen LogP) is 4.29. The highest BCUT2D eigenvalue weighted by Crippen LogP contribution is 2.31. The van der Waals surface area contributed by atoms with Gasteiger partial charge in [-0.3, -0.25) is 4.79 Å². The number of amides is 1. The molecule has 1 aromatic carbocycles. The molecule has 1 heterocycles. The van der Waals surface area contributed by atoms with Gasteiger partial charge in [0.15, 0.2) is 0 Å². The molecule has 1 amide bonds. The van der Waals surface area contributed by atoms with Crippen LogP contribution in [0.2, 0.25) is 0 Å². The van der Waals surface area contributed by atoms with E-state index in [1.54, 1.807) is 6.92 Å². The first-order chi connectivity index (χ1) is 12.0. The summed E-state index contributed by atoms with van der Waals surface area (Å²) in [4.78, 5) is 16.1. The molecule has 0 aliphatic heterocycles. The van der Waals surface area contributed by atoms with Gasteiger partial charge in [0.1, 0.15) is 0 Å². The van der Waals surface area contributed by atoms with Crippen LogP contribution in [0, 0.1) is 0 Å². The largest absolute Gasteiger partial charge is 0.416 e. The topological polar surface area (TPSA) is 68.0 Å². The lowest BCUT2D eigenvalue weighted by molar-refractivity contribution is -0.137. The maximum absolute atomic E-state index is 12.8. The van der Waals surface area contributed by atoms with E-state index < -0.39 is 11.7 Å². The number of hydrogen-bond acceptors (Lipinski definition) is 5. The monoisotopic (exact) mass is 387 g/mol. The van der Waals surface area contributed by atoms with Crippen molar-refractivity contribution < 1.29 is 22.5 Å². The molecular formula is C17H20F3N3O2S. The van der Waals surface area contributed by atoms with Gasteiger partial charge >= 0.3 is 6.18 Å². The number of halogens is 3. The van der Waals surface area contributed by atoms with Crippen LogP contribution in [0.4, 0.5) is 13.2 Å². The fraction of sp³-hybridized carbons (Fsp3) is 0.471. The molecule has 142 valence electrons. The van der Waals surface area contributed by atoms with E-state index in [4.69, 9.17) is 4.52 Å². The van der Waals surface area contributed by atoms with Gasteiger partial charge in [-0.15, -0.1) is 11.8 Å². The molecule has 0 saturated heterocycles. The van der Waals surface area contributed by atoms with Crippen molar-refractivity contribution in [1.29, 1.82) is 0 Å². The van der Waals surface area contributed by atoms with Crippen LogP contribution in [0.3, 0.4) is 0 Å². The molecule has 0 spiro atoms. The molecule has 26 heavy (non-hydrogen) atoms. The van der Waals surface area contributed by atoms with Crippen LogP contribution in [0.15, 0.2) is 28.8 Å². The second-order valence-corrected chi connectivity index (χ2v) is 8.11. The molecule has 0 saturated carbocycles. The van der Waals surface area contributed by atoms with Gasteiger partial charge in [0.25, 0.3) is 0 Å². The Morgan fingerprint density at radius 1 is 1.31 bits per heavy atom. The Labute approximate surface area is 153 Å². The minimum Gasteiger partial charge on any atom is -0.351 e. The number of nitrogens with zero attached hydrogens (tertiary/aromatic N) is 2. The number of aromatic nitrogens is 2. The van der Waals surface area contributed by atoms with Gasteiger partial charge < -0.3 is 9.84 Å². The number of benzene rings is 1. The molecule has 0 aliphatic carbocycles. The van der Waals surface area contributed by atoms with Gasteiger partial charge in [-0.1, -0.05) is 17.3 Å². The summed E-state index contributed by atoms with van der Waals surface area (Å²) in [6.07, 6.45) is -4.44. The molecule has 9 heteroatoms. The lowest BCUT2D eigenvalue weighted by Gasteiger charge is -2.22. The number of nitrogens with one attached hydrogen (secondary N) is 1. The first kappa shape index (κ1) is 20.3. The molecule has 1 aromatic heterocycles. The Balaban J connectivity index is 2.01. The average Bonchev–Trinajstić information content (AvgIpc) is 2.99. The summed E-state index contributed by atoms with van der Waals surface area (Å²) >= 11 is 1.31. The summed E-state index contributed by atoms with van der Waals surface area (Å²) < 4.78 is 43.4. The molecule has 1 unspecified atom stereocenters. The van der Waals surface area contributed by atoms with Gasteiger partial charge in [-0.25, -0.2) is 0 Å². The number of rotatable bonds is 5. The summed E-state index contributed by atoms with van der Waals surface area (Å²) in [5, 5.41) is 6.26. The maximum Gasteiger partial charge on any atom is 0.416 e. The summed E-state index contributed by atoms with van der Waals surface area (Å²) in [7, 11) is 0. The Morgan fingerprint density at radius 2 is 2.00 bits per heavy atom. The number of alkyl halides is 3. The van der Waals surface area contributed by atoms with Gasteiger partial charge in [0.2, 0.25) is 17.6 Å². The molecule has 1 N–H and O–H groups in total. The number of carbonyl (C=O) groups is 1. The van der Waals surface area contributed by atoms with Crippen LogP contribution < -0.4 is 5.32 Å². The van der Waals surface area contributed by atoms with Crippen molar-refractivity contribution in [1.82, 2.24) is 15.5 Å². The first-order valence-corrected chi connectivity index (χ1v) is 8.94. The van der Waals surface area contributed by atoms with E-state index >= 15 is 0 Å². The van der Waals surface area contributed by atoms with Crippen molar-refractivity contribution in [3.8, 4) is 11.4 Å². The molecule has 1 atom stereocenters. The van der Waals surface area contributed by atoms with Crippen LogP contribution in [0.5, 0.6) is 0 Å². The lowest BCUT2D eigenvalue weighted by Crippen LogP contribution is -2.44. The maximum atomic E-state index is 12.8. The average molecular weight is 387 g/mol. The molecule has 0 fully saturated rings. The zero-order valence-electron chi connectivity index (χ0n) is 14.8. The second-order valence-electron chi connectivity index (χ2n) is 6.78. The van der Waals surface area contributed by atoms with E-state index in [-0.39, 0.29) is 39.7 Å². The van der Waals surface area contributed by atoms with Gasteiger partial charge in [0, 0.05) is 11.1 Å². The van der Waals surface area contributed by atoms with Gasteiger partial charge in [-0.05, 0) is 39.8 Å². The van der Waals surface area contributed by atoms with Crippen molar-refractivity contribution in [2.45, 2.75) is 50.4 Å². The van der Waals surface area contributed by atoms with E-state index in [1.165, 1.54) is 23.9 Å². The number of carbonyl (C=O) groups excluding carboxylic acids is 1. The SMILES string of the molecule is CC(SCc1nc(-c2cccc(C(F)(F)F)c2)no1)C(=O)NC(C)(C)C. The minimum absolute atomic E-state index is 0.0819. The van der Waals surface area contributed by atoms with Crippen LogP contribution in [0.1, 0.15) is 39.1 Å². The standard InChI is InChI=1S/C17H20F3N3O2S/c1-10(15(24)22-16(2,3)4)26-9-13-21-14(23-25-13)11-6-5-7-12(8-11)17(18,19)20/h5-8,10H,9H2,1-4H3,(H,22,24). The highest BCUT2D eigenvalue weighted by molar-refractivity contribution is 7.99. The second kappa shape index (κ2) is 7.69. The summed E-state index contributed by atoms with van der Waals surface area (Å²) in [5.41, 5.74) is -0.880. The zero-order valence-corrected chi connectivity index (χ0v) is 15.7. The van der Waals surface area contributed by atoms with E-state index in [2.05, 4.69) is 15.5 Å². The molecule has 0 aliphatic rings. The Morgan fingerprint density at radius 3 is 2.62 bits per heavy atom. The van der Waals surface area contributed by atoms with Crippen LogP contribution in [-0.4, -0.2) is 26.8 Å². The molecule has 0 bridgehead atoms. The minimum atomic E-state index is -4.44. The van der Waals surface area contributed by atoms with Gasteiger partial charge in [0.05, 0.1) is 16.6 Å². The quantitative estimate of drug-likeness (QED) is 0.829. The van der Waals surface area contributed by atoms with Crippen molar-refractivity contribution in [3.63, 3.8) is 0 Å². The third kappa shape index (κ3) is 5.76. The van der Waals surface area contributed by atoms with Crippen molar-refractivity contribution in [2.24, 2.45) is 0 Å². The first-order valence-electron chi connectivity index (χ1n) is 7.89. The lowest BCUT2D eigenvalue weighted by atomic mass is 10.1. The summed E-state index contributed by atoms with van der Waals surface area (Å²) in [6.45, 7) is 7.43. The highest BCUT2D eigenvalue weighted by Gasteiger charge is 2.30. The fourth-order valence-corrected chi connectivity index (χ4v) is 2.73. The van der Waals surface area contributed by atoms with E-state index in [0.717, 1.165) is 12.1 Å². The van der Waals surface area contributed by atoms with Crippen LogP contribution in [0.25, 0.3) is 11.4 Å². The number of thioether (sulfide) groups is 1. The molecule has 5 nitrogen and oxygen atoms in total. The van der Waals surface area contributed by atoms with E-state index in [9.17, 15) is 18.0 Å². The Hall–Kier alpha value is -2.03. The smallest absolute Gasteiger partial charge is 0.351 e. The molecule has 0 radical (unpaired) electrons. The van der Waals surface area contributed by atoms with Crippen LogP contribution in [-0.2, 0) is 16.7 Å². The zero-order chi connectivity index (χ0) is 19.5. The fourth-order valence-electron chi connectivity index (χ4n) is 2.01. The third-order valence-corrected chi connectivity index (χ3v) is 4.37. The van der Waals surface area contributed by atoms with Crippen molar-refractivity contribution >= 4 is 17.7 Å². The third-order valence-electron chi connectivity index (χ3n) is 3.24. The molecule has 2 rings (SSSR count). The Kier molecular flexibility index (Phi) is 6.00. The molecule has 2 aromatic rings. The van der Waals surface area contributed by atoms with Crippen molar-refractivity contribution in [3.05, 3.63) is 35.7 Å². The Bertz CT molecular complexity index is 769. The summed E-state index contributed by atoms with van der Waals surface area (Å²) in [5.74, 6) is 0.501. The molecular weight excluding hydrogens is 367 g/mol. The van der Waals surface area contributed by atoms with Crippen molar-refractivity contribution in [2.75, 3.05) is 0 Å². The summed E-state index contributed by atoms with van der Waals surface area (Å²) in [6, 6.07) is 4.73. The highest BCUT2D eigenvalue weighted by atomic mass is 32.2. The number of hydrogen-bond donors (Lipinski definition) is 1. The normalized spacial score (nSPS) is 13.5. The van der Waals surface area contributed by atoms with E-state index in [1.807, 2.05) is 20.8 Å². The van der Waals surface area contributed by atoms with Gasteiger partial charge in [-0.2, -0.15) is 18.2 Å². The van der Waals surface area contributed by atoms with E-state index in [0.29, 0.717) is 0 Å². The van der Waals surface area contributed by atoms with Crippen LogP contribution >= 0.6 is 11.8 Å².